The number of benzene rings is 2. The highest BCUT2D eigenvalue weighted by Crippen LogP contribution is 2.25. The van der Waals surface area contributed by atoms with Crippen molar-refractivity contribution in [1.82, 2.24) is 5.32 Å². The molecule has 2 aromatic carbocycles. The van der Waals surface area contributed by atoms with Crippen molar-refractivity contribution in [3.63, 3.8) is 0 Å². The molecular weight excluding hydrogens is 464 g/mol. The van der Waals surface area contributed by atoms with Gasteiger partial charge in [-0.3, -0.25) is 4.79 Å². The predicted molar refractivity (Wildman–Crippen MR) is 139 cm³/mol. The lowest BCUT2D eigenvalue weighted by Gasteiger charge is -2.28. The van der Waals surface area contributed by atoms with Crippen LogP contribution in [-0.2, 0) is 35.2 Å². The molecule has 7 heteroatoms. The monoisotopic (exact) mass is 500 g/mol. The Morgan fingerprint density at radius 2 is 1.91 bits per heavy atom. The van der Waals surface area contributed by atoms with Gasteiger partial charge in [0.15, 0.2) is 0 Å². The van der Waals surface area contributed by atoms with E-state index < -0.39 is 6.10 Å². The van der Waals surface area contributed by atoms with Crippen LogP contribution in [0.15, 0.2) is 36.4 Å². The fourth-order valence-electron chi connectivity index (χ4n) is 4.36. The van der Waals surface area contributed by atoms with Crippen molar-refractivity contribution in [3.8, 4) is 11.8 Å². The molecule has 2 aromatic rings. The quantitative estimate of drug-likeness (QED) is 0.422. The number of aliphatic hydroxyl groups is 1. The highest BCUT2D eigenvalue weighted by Gasteiger charge is 2.21. The molecule has 0 heterocycles. The molecule has 0 saturated carbocycles. The van der Waals surface area contributed by atoms with Gasteiger partial charge >= 0.3 is 5.97 Å². The minimum atomic E-state index is -0.728. The van der Waals surface area contributed by atoms with E-state index in [1.807, 2.05) is 6.07 Å². The van der Waals surface area contributed by atoms with E-state index in [9.17, 15) is 15.2 Å². The number of nitriles is 1. The number of esters is 1. The number of hydrogen-bond donors (Lipinski definition) is 2. The fraction of sp³-hybridized carbons (Fsp3) is 0.500. The predicted octanol–water partition coefficient (Wildman–Crippen LogP) is 4.32. The van der Waals surface area contributed by atoms with Gasteiger partial charge in [-0.1, -0.05) is 24.3 Å². The molecule has 0 aromatic heterocycles. The summed E-state index contributed by atoms with van der Waals surface area (Å²) in [6.07, 6.45) is 4.51. The Bertz CT molecular complexity index is 1030. The summed E-state index contributed by atoms with van der Waals surface area (Å²) in [5, 5.41) is 23.3. The van der Waals surface area contributed by atoms with Crippen LogP contribution < -0.4 is 10.1 Å². The summed E-state index contributed by atoms with van der Waals surface area (Å²) in [4.78, 5) is 11.6. The van der Waals surface area contributed by atoms with Gasteiger partial charge in [-0.15, -0.1) is 12.4 Å². The summed E-state index contributed by atoms with van der Waals surface area (Å²) >= 11 is 0. The smallest absolute Gasteiger partial charge is 0.306 e. The topological polar surface area (TPSA) is 91.6 Å². The highest BCUT2D eigenvalue weighted by atomic mass is 35.5. The molecule has 35 heavy (non-hydrogen) atoms. The molecule has 3 rings (SSSR count). The molecule has 190 valence electrons. The van der Waals surface area contributed by atoms with Gasteiger partial charge in [-0.2, -0.15) is 5.26 Å². The molecule has 6 nitrogen and oxygen atoms in total. The zero-order chi connectivity index (χ0) is 24.6. The molecule has 0 amide bonds. The van der Waals surface area contributed by atoms with Gasteiger partial charge in [0, 0.05) is 18.5 Å². The molecule has 2 N–H and O–H groups in total. The molecule has 1 aliphatic carbocycles. The first-order valence-electron chi connectivity index (χ1n) is 12.1. The fourth-order valence-corrected chi connectivity index (χ4v) is 4.36. The summed E-state index contributed by atoms with van der Waals surface area (Å²) in [7, 11) is 0. The number of hydrogen-bond acceptors (Lipinski definition) is 6. The van der Waals surface area contributed by atoms with Gasteiger partial charge in [0.25, 0.3) is 0 Å². The third kappa shape index (κ3) is 8.85. The lowest BCUT2D eigenvalue weighted by Crippen LogP contribution is -2.46. The van der Waals surface area contributed by atoms with Gasteiger partial charge in [0.1, 0.15) is 24.5 Å². The van der Waals surface area contributed by atoms with Crippen molar-refractivity contribution >= 4 is 18.4 Å². The highest BCUT2D eigenvalue weighted by molar-refractivity contribution is 5.85. The maximum Gasteiger partial charge on any atom is 0.306 e. The number of β-amino-alcohol motifs (C(OH)–C–C–N with tert-alkyl or cyclic N) is 1. The maximum atomic E-state index is 11.6. The van der Waals surface area contributed by atoms with Crippen molar-refractivity contribution in [3.05, 3.63) is 64.2 Å². The molecule has 1 unspecified atom stereocenters. The van der Waals surface area contributed by atoms with Crippen LogP contribution in [0.5, 0.6) is 5.75 Å². The lowest BCUT2D eigenvalue weighted by atomic mass is 9.93. The molecule has 0 aliphatic heterocycles. The van der Waals surface area contributed by atoms with Crippen molar-refractivity contribution in [2.75, 3.05) is 19.8 Å². The van der Waals surface area contributed by atoms with E-state index >= 15 is 0 Å². The molecule has 0 spiro atoms. The number of halogens is 1. The van der Waals surface area contributed by atoms with E-state index in [1.165, 1.54) is 36.0 Å². The van der Waals surface area contributed by atoms with Crippen LogP contribution in [0.4, 0.5) is 0 Å². The van der Waals surface area contributed by atoms with Crippen LogP contribution >= 0.6 is 12.4 Å². The Morgan fingerprint density at radius 1 is 1.17 bits per heavy atom. The number of fused-ring (bicyclic) bond motifs is 1. The number of ether oxygens (including phenoxy) is 2. The number of carbonyl (C=O) groups is 1. The number of nitrogens with zero attached hydrogens (tertiary/aromatic N) is 1. The Balaban J connectivity index is 0.00000432. The standard InChI is InChI=1S/C28H36N2O4.ClH/c1-4-33-27(32)13-10-20-8-12-24(17-29)26(15-20)34-19-25(31)18-30-28(2,3)16-21-9-11-22-6-5-7-23(22)14-21;/h8-9,11-12,14-15,25,30-31H,4-7,10,13,16,18-19H2,1-3H3;1H. The average Bonchev–Trinajstić information content (AvgIpc) is 3.28. The molecule has 0 saturated heterocycles. The van der Waals surface area contributed by atoms with Crippen molar-refractivity contribution in [1.29, 1.82) is 5.26 Å². The minimum absolute atomic E-state index is 0. The van der Waals surface area contributed by atoms with Crippen molar-refractivity contribution < 1.29 is 19.4 Å². The summed E-state index contributed by atoms with van der Waals surface area (Å²) < 4.78 is 10.8. The maximum absolute atomic E-state index is 11.6. The molecule has 0 radical (unpaired) electrons. The van der Waals surface area contributed by atoms with E-state index in [0.29, 0.717) is 30.9 Å². The van der Waals surface area contributed by atoms with Crippen LogP contribution in [0, 0.1) is 11.3 Å². The normalized spacial score (nSPS) is 13.3. The molecule has 1 aliphatic rings. The zero-order valence-electron chi connectivity index (χ0n) is 20.9. The van der Waals surface area contributed by atoms with Crippen LogP contribution in [-0.4, -0.2) is 42.5 Å². The van der Waals surface area contributed by atoms with Crippen LogP contribution in [0.25, 0.3) is 0 Å². The summed E-state index contributed by atoms with van der Waals surface area (Å²) in [6, 6.07) is 14.2. The number of aryl methyl sites for hydroxylation is 3. The average molecular weight is 501 g/mol. The SMILES string of the molecule is CCOC(=O)CCc1ccc(C#N)c(OCC(O)CNC(C)(C)Cc2ccc3c(c2)CCC3)c1.Cl. The van der Waals surface area contributed by atoms with E-state index in [0.717, 1.165) is 12.0 Å². The molecular formula is C28H37ClN2O4. The van der Waals surface area contributed by atoms with E-state index in [2.05, 4.69) is 43.4 Å². The zero-order valence-corrected chi connectivity index (χ0v) is 21.7. The van der Waals surface area contributed by atoms with Crippen molar-refractivity contribution in [2.24, 2.45) is 0 Å². The van der Waals surface area contributed by atoms with Crippen molar-refractivity contribution in [2.45, 2.75) is 70.9 Å². The first kappa shape index (κ1) is 28.6. The lowest BCUT2D eigenvalue weighted by molar-refractivity contribution is -0.143. The van der Waals surface area contributed by atoms with Crippen LogP contribution in [0.1, 0.15) is 61.4 Å². The number of aliphatic hydroxyl groups excluding tert-OH is 1. The second-order valence-electron chi connectivity index (χ2n) is 9.61. The first-order valence-corrected chi connectivity index (χ1v) is 12.1. The van der Waals surface area contributed by atoms with Gasteiger partial charge in [0.2, 0.25) is 0 Å². The molecule has 0 bridgehead atoms. The van der Waals surface area contributed by atoms with Crippen LogP contribution in [0.2, 0.25) is 0 Å². The molecule has 0 fully saturated rings. The summed E-state index contributed by atoms with van der Waals surface area (Å²) in [5.41, 5.74) is 5.35. The third-order valence-corrected chi connectivity index (χ3v) is 6.15. The summed E-state index contributed by atoms with van der Waals surface area (Å²) in [6.45, 7) is 6.85. The Kier molecular flexibility index (Phi) is 11.0. The van der Waals surface area contributed by atoms with Gasteiger partial charge in [-0.05, 0) is 87.3 Å². The second-order valence-corrected chi connectivity index (χ2v) is 9.61. The Hall–Kier alpha value is -2.59. The number of nitrogens with one attached hydrogen (secondary N) is 1. The van der Waals surface area contributed by atoms with Gasteiger partial charge < -0.3 is 19.9 Å². The first-order chi connectivity index (χ1) is 16.3. The Labute approximate surface area is 215 Å². The van der Waals surface area contributed by atoms with Crippen LogP contribution in [0.3, 0.4) is 0 Å². The van der Waals surface area contributed by atoms with Gasteiger partial charge in [0.05, 0.1) is 12.2 Å². The number of rotatable bonds is 12. The van der Waals surface area contributed by atoms with E-state index in [-0.39, 0.29) is 36.9 Å². The van der Waals surface area contributed by atoms with E-state index in [1.54, 1.807) is 19.1 Å². The molecule has 1 atom stereocenters. The third-order valence-electron chi connectivity index (χ3n) is 6.15. The minimum Gasteiger partial charge on any atom is -0.489 e. The Morgan fingerprint density at radius 3 is 2.66 bits per heavy atom. The van der Waals surface area contributed by atoms with E-state index in [4.69, 9.17) is 9.47 Å². The second kappa shape index (κ2) is 13.5. The summed E-state index contributed by atoms with van der Waals surface area (Å²) in [5.74, 6) is 0.165. The van der Waals surface area contributed by atoms with Gasteiger partial charge in [-0.25, -0.2) is 0 Å². The number of carbonyl (C=O) groups excluding carboxylic acids is 1. The largest absolute Gasteiger partial charge is 0.489 e.